The Morgan fingerprint density at radius 1 is 1.25 bits per heavy atom. The topological polar surface area (TPSA) is 50.7 Å². The van der Waals surface area contributed by atoms with Crippen LogP contribution < -0.4 is 15.0 Å². The standard InChI is InChI=1S/C10H13F2NO3/c1-15-8-4-9(16-2)7(10(11)12)3-6(8)5-13-14/h3-4,10,13-14H,5H2,1-2H3. The van der Waals surface area contributed by atoms with Crippen molar-refractivity contribution in [2.45, 2.75) is 13.0 Å². The summed E-state index contributed by atoms with van der Waals surface area (Å²) in [5, 5.41) is 8.57. The predicted molar refractivity (Wildman–Crippen MR) is 53.1 cm³/mol. The second-order valence-corrected chi connectivity index (χ2v) is 3.04. The van der Waals surface area contributed by atoms with E-state index in [0.29, 0.717) is 11.3 Å². The normalized spacial score (nSPS) is 10.6. The summed E-state index contributed by atoms with van der Waals surface area (Å²) in [7, 11) is 2.72. The summed E-state index contributed by atoms with van der Waals surface area (Å²) < 4.78 is 35.2. The summed E-state index contributed by atoms with van der Waals surface area (Å²) in [6.07, 6.45) is -2.64. The monoisotopic (exact) mass is 233 g/mol. The van der Waals surface area contributed by atoms with Crippen LogP contribution in [0.3, 0.4) is 0 Å². The van der Waals surface area contributed by atoms with Crippen molar-refractivity contribution in [1.82, 2.24) is 5.48 Å². The molecular formula is C10H13F2NO3. The van der Waals surface area contributed by atoms with Gasteiger partial charge in [-0.1, -0.05) is 0 Å². The molecule has 0 heterocycles. The molecule has 2 N–H and O–H groups in total. The molecule has 0 aliphatic rings. The molecule has 0 aromatic heterocycles. The molecule has 16 heavy (non-hydrogen) atoms. The highest BCUT2D eigenvalue weighted by molar-refractivity contribution is 5.47. The van der Waals surface area contributed by atoms with Gasteiger partial charge in [-0.2, -0.15) is 0 Å². The third-order valence-corrected chi connectivity index (χ3v) is 2.14. The number of benzene rings is 1. The molecule has 0 aliphatic carbocycles. The van der Waals surface area contributed by atoms with Gasteiger partial charge >= 0.3 is 0 Å². The van der Waals surface area contributed by atoms with Crippen LogP contribution in [0.25, 0.3) is 0 Å². The molecule has 0 spiro atoms. The Bertz CT molecular complexity index is 358. The number of hydrogen-bond acceptors (Lipinski definition) is 4. The lowest BCUT2D eigenvalue weighted by Crippen LogP contribution is -2.08. The van der Waals surface area contributed by atoms with Crippen molar-refractivity contribution >= 4 is 0 Å². The van der Waals surface area contributed by atoms with Crippen molar-refractivity contribution in [3.05, 3.63) is 23.3 Å². The third-order valence-electron chi connectivity index (χ3n) is 2.14. The van der Waals surface area contributed by atoms with E-state index in [1.807, 2.05) is 5.48 Å². The number of nitrogens with one attached hydrogen (secondary N) is 1. The molecule has 4 nitrogen and oxygen atoms in total. The molecule has 0 radical (unpaired) electrons. The predicted octanol–water partition coefficient (Wildman–Crippen LogP) is 2.12. The highest BCUT2D eigenvalue weighted by Gasteiger charge is 2.17. The molecule has 0 fully saturated rings. The fourth-order valence-corrected chi connectivity index (χ4v) is 1.39. The van der Waals surface area contributed by atoms with Crippen LogP contribution >= 0.6 is 0 Å². The molecule has 90 valence electrons. The van der Waals surface area contributed by atoms with Crippen LogP contribution in [0.2, 0.25) is 0 Å². The Morgan fingerprint density at radius 2 is 1.88 bits per heavy atom. The number of hydrogen-bond donors (Lipinski definition) is 2. The molecule has 1 aromatic rings. The minimum absolute atomic E-state index is 0.0207. The van der Waals surface area contributed by atoms with E-state index in [4.69, 9.17) is 14.7 Å². The van der Waals surface area contributed by atoms with Gasteiger partial charge in [0.15, 0.2) is 0 Å². The molecule has 6 heteroatoms. The Balaban J connectivity index is 3.23. The lowest BCUT2D eigenvalue weighted by Gasteiger charge is -2.13. The van der Waals surface area contributed by atoms with Crippen LogP contribution in [-0.4, -0.2) is 19.4 Å². The van der Waals surface area contributed by atoms with Gasteiger partial charge in [0, 0.05) is 18.2 Å². The summed E-state index contributed by atoms with van der Waals surface area (Å²) >= 11 is 0. The first kappa shape index (κ1) is 12.7. The Hall–Kier alpha value is -1.40. The van der Waals surface area contributed by atoms with E-state index in [0.717, 1.165) is 0 Å². The van der Waals surface area contributed by atoms with E-state index in [1.54, 1.807) is 0 Å². The highest BCUT2D eigenvalue weighted by Crippen LogP contribution is 2.34. The lowest BCUT2D eigenvalue weighted by molar-refractivity contribution is 0.145. The van der Waals surface area contributed by atoms with Gasteiger partial charge in [-0.05, 0) is 6.07 Å². The van der Waals surface area contributed by atoms with Gasteiger partial charge in [0.2, 0.25) is 0 Å². The SMILES string of the molecule is COc1cc(OC)c(C(F)F)cc1CNO. The molecule has 0 unspecified atom stereocenters. The first-order valence-corrected chi connectivity index (χ1v) is 4.54. The largest absolute Gasteiger partial charge is 0.496 e. The molecule has 0 saturated carbocycles. The van der Waals surface area contributed by atoms with E-state index in [1.165, 1.54) is 26.4 Å². The minimum Gasteiger partial charge on any atom is -0.496 e. The van der Waals surface area contributed by atoms with Crippen LogP contribution in [0.1, 0.15) is 17.6 Å². The van der Waals surface area contributed by atoms with E-state index in [-0.39, 0.29) is 17.9 Å². The van der Waals surface area contributed by atoms with E-state index < -0.39 is 6.43 Å². The number of methoxy groups -OCH3 is 2. The number of halogens is 2. The maximum absolute atomic E-state index is 12.7. The summed E-state index contributed by atoms with van der Waals surface area (Å²) in [5.41, 5.74) is 2.10. The van der Waals surface area contributed by atoms with Crippen LogP contribution in [0, 0.1) is 0 Å². The first-order valence-electron chi connectivity index (χ1n) is 4.54. The minimum atomic E-state index is -2.64. The summed E-state index contributed by atoms with van der Waals surface area (Å²) in [6.45, 7) is 0.0207. The highest BCUT2D eigenvalue weighted by atomic mass is 19.3. The third kappa shape index (κ3) is 2.59. The second-order valence-electron chi connectivity index (χ2n) is 3.04. The van der Waals surface area contributed by atoms with Crippen molar-refractivity contribution in [2.24, 2.45) is 0 Å². The molecular weight excluding hydrogens is 220 g/mol. The fraction of sp³-hybridized carbons (Fsp3) is 0.400. The van der Waals surface area contributed by atoms with Crippen molar-refractivity contribution in [3.8, 4) is 11.5 Å². The zero-order chi connectivity index (χ0) is 12.1. The number of alkyl halides is 2. The smallest absolute Gasteiger partial charge is 0.267 e. The number of rotatable bonds is 5. The number of hydroxylamine groups is 1. The van der Waals surface area contributed by atoms with Gasteiger partial charge < -0.3 is 14.7 Å². The average molecular weight is 233 g/mol. The zero-order valence-corrected chi connectivity index (χ0v) is 8.96. The molecule has 0 aliphatic heterocycles. The van der Waals surface area contributed by atoms with Crippen molar-refractivity contribution in [3.63, 3.8) is 0 Å². The maximum atomic E-state index is 12.7. The summed E-state index contributed by atoms with van der Waals surface area (Å²) in [5.74, 6) is 0.441. The second kappa shape index (κ2) is 5.62. The fourth-order valence-electron chi connectivity index (χ4n) is 1.39. The van der Waals surface area contributed by atoms with Gasteiger partial charge in [0.1, 0.15) is 11.5 Å². The zero-order valence-electron chi connectivity index (χ0n) is 8.96. The van der Waals surface area contributed by atoms with Crippen LogP contribution in [-0.2, 0) is 6.54 Å². The molecule has 0 saturated heterocycles. The van der Waals surface area contributed by atoms with Gasteiger partial charge in [-0.25, -0.2) is 14.3 Å². The van der Waals surface area contributed by atoms with Crippen LogP contribution in [0.15, 0.2) is 12.1 Å². The van der Waals surface area contributed by atoms with Crippen LogP contribution in [0.4, 0.5) is 8.78 Å². The molecule has 0 atom stereocenters. The van der Waals surface area contributed by atoms with E-state index >= 15 is 0 Å². The Labute approximate surface area is 91.7 Å². The average Bonchev–Trinajstić information content (AvgIpc) is 2.28. The Kier molecular flexibility index (Phi) is 4.45. The lowest BCUT2D eigenvalue weighted by atomic mass is 10.1. The van der Waals surface area contributed by atoms with Gasteiger partial charge in [-0.15, -0.1) is 0 Å². The molecule has 1 rings (SSSR count). The first-order chi connectivity index (χ1) is 7.63. The number of ether oxygens (including phenoxy) is 2. The van der Waals surface area contributed by atoms with Crippen molar-refractivity contribution in [1.29, 1.82) is 0 Å². The van der Waals surface area contributed by atoms with E-state index in [2.05, 4.69) is 0 Å². The van der Waals surface area contributed by atoms with Crippen LogP contribution in [0.5, 0.6) is 11.5 Å². The molecule has 0 amide bonds. The van der Waals surface area contributed by atoms with Crippen molar-refractivity contribution < 1.29 is 23.5 Å². The van der Waals surface area contributed by atoms with E-state index in [9.17, 15) is 8.78 Å². The maximum Gasteiger partial charge on any atom is 0.267 e. The summed E-state index contributed by atoms with van der Waals surface area (Å²) in [4.78, 5) is 0. The Morgan fingerprint density at radius 3 is 2.31 bits per heavy atom. The van der Waals surface area contributed by atoms with Gasteiger partial charge in [0.05, 0.1) is 19.8 Å². The quantitative estimate of drug-likeness (QED) is 0.765. The molecule has 1 aromatic carbocycles. The van der Waals surface area contributed by atoms with Gasteiger partial charge in [-0.3, -0.25) is 0 Å². The van der Waals surface area contributed by atoms with Gasteiger partial charge in [0.25, 0.3) is 6.43 Å². The molecule has 0 bridgehead atoms. The van der Waals surface area contributed by atoms with Crippen molar-refractivity contribution in [2.75, 3.05) is 14.2 Å². The summed E-state index contributed by atoms with van der Waals surface area (Å²) in [6, 6.07) is 2.61.